The van der Waals surface area contributed by atoms with Crippen molar-refractivity contribution in [3.63, 3.8) is 0 Å². The summed E-state index contributed by atoms with van der Waals surface area (Å²) in [5.41, 5.74) is 3.18. The van der Waals surface area contributed by atoms with Crippen LogP contribution in [0.25, 0.3) is 0 Å². The molecule has 3 unspecified atom stereocenters. The van der Waals surface area contributed by atoms with Gasteiger partial charge >= 0.3 is 0 Å². The highest BCUT2D eigenvalue weighted by atomic mass is 32.2. The second kappa shape index (κ2) is 8.90. The van der Waals surface area contributed by atoms with Crippen molar-refractivity contribution in [3.8, 4) is 0 Å². The first-order chi connectivity index (χ1) is 11.5. The summed E-state index contributed by atoms with van der Waals surface area (Å²) in [5.74, 6) is 0.494. The Labute approximate surface area is 148 Å². The molecule has 128 valence electrons. The smallest absolute Gasteiger partial charge is 0.233 e. The molecule has 4 heteroatoms. The SMILES string of the molecule is Cc1ccccc1C(C)NC(=O)C(C)SCC(O)c1ccccc1. The molecule has 2 aromatic carbocycles. The molecule has 2 aromatic rings. The number of aryl methyl sites for hydroxylation is 1. The molecule has 2 N–H and O–H groups in total. The summed E-state index contributed by atoms with van der Waals surface area (Å²) in [6.45, 7) is 5.92. The number of carbonyl (C=O) groups excluding carboxylic acids is 1. The second-order valence-corrected chi connectivity index (χ2v) is 7.36. The third-order valence-electron chi connectivity index (χ3n) is 4.07. The number of carbonyl (C=O) groups is 1. The Morgan fingerprint density at radius 3 is 2.38 bits per heavy atom. The summed E-state index contributed by atoms with van der Waals surface area (Å²) in [4.78, 5) is 12.4. The Morgan fingerprint density at radius 1 is 1.08 bits per heavy atom. The van der Waals surface area contributed by atoms with Crippen molar-refractivity contribution in [1.29, 1.82) is 0 Å². The number of benzene rings is 2. The van der Waals surface area contributed by atoms with Gasteiger partial charge in [-0.25, -0.2) is 0 Å². The maximum Gasteiger partial charge on any atom is 0.233 e. The summed E-state index contributed by atoms with van der Waals surface area (Å²) in [6, 6.07) is 17.6. The molecule has 0 aromatic heterocycles. The lowest BCUT2D eigenvalue weighted by molar-refractivity contribution is -0.120. The third-order valence-corrected chi connectivity index (χ3v) is 5.29. The first kappa shape index (κ1) is 18.6. The van der Waals surface area contributed by atoms with Gasteiger partial charge in [-0.2, -0.15) is 0 Å². The number of aliphatic hydroxyl groups is 1. The van der Waals surface area contributed by atoms with Gasteiger partial charge in [0.05, 0.1) is 17.4 Å². The molecule has 3 atom stereocenters. The van der Waals surface area contributed by atoms with E-state index in [2.05, 4.69) is 5.32 Å². The molecule has 0 saturated carbocycles. The van der Waals surface area contributed by atoms with Crippen LogP contribution in [0.1, 0.15) is 42.7 Å². The van der Waals surface area contributed by atoms with Crippen molar-refractivity contribution < 1.29 is 9.90 Å². The van der Waals surface area contributed by atoms with Crippen LogP contribution in [-0.2, 0) is 4.79 Å². The van der Waals surface area contributed by atoms with Gasteiger partial charge in [-0.1, -0.05) is 54.6 Å². The molecule has 0 saturated heterocycles. The van der Waals surface area contributed by atoms with E-state index in [0.29, 0.717) is 5.75 Å². The van der Waals surface area contributed by atoms with Crippen LogP contribution in [0.2, 0.25) is 0 Å². The average Bonchev–Trinajstić information content (AvgIpc) is 2.60. The van der Waals surface area contributed by atoms with Crippen LogP contribution >= 0.6 is 11.8 Å². The topological polar surface area (TPSA) is 49.3 Å². The van der Waals surface area contributed by atoms with Crippen molar-refractivity contribution in [2.45, 2.75) is 38.2 Å². The van der Waals surface area contributed by atoms with Gasteiger partial charge < -0.3 is 10.4 Å². The lowest BCUT2D eigenvalue weighted by atomic mass is 10.0. The predicted molar refractivity (Wildman–Crippen MR) is 101 cm³/mol. The van der Waals surface area contributed by atoms with E-state index in [-0.39, 0.29) is 17.2 Å². The summed E-state index contributed by atoms with van der Waals surface area (Å²) < 4.78 is 0. The molecule has 1 amide bonds. The molecule has 0 aliphatic carbocycles. The summed E-state index contributed by atoms with van der Waals surface area (Å²) in [5, 5.41) is 13.0. The van der Waals surface area contributed by atoms with Gasteiger partial charge in [-0.3, -0.25) is 4.79 Å². The molecular formula is C20H25NO2S. The molecule has 2 rings (SSSR count). The normalized spacial score (nSPS) is 14.7. The van der Waals surface area contributed by atoms with Crippen molar-refractivity contribution in [1.82, 2.24) is 5.32 Å². The Morgan fingerprint density at radius 2 is 1.71 bits per heavy atom. The van der Waals surface area contributed by atoms with Gasteiger partial charge in [0.2, 0.25) is 5.91 Å². The molecule has 0 aliphatic heterocycles. The van der Waals surface area contributed by atoms with Crippen LogP contribution in [0.3, 0.4) is 0 Å². The number of aliphatic hydroxyl groups excluding tert-OH is 1. The van der Waals surface area contributed by atoms with E-state index in [4.69, 9.17) is 0 Å². The fourth-order valence-electron chi connectivity index (χ4n) is 2.56. The molecule has 0 heterocycles. The predicted octanol–water partition coefficient (Wildman–Crippen LogP) is 4.03. The minimum atomic E-state index is -0.555. The number of nitrogens with one attached hydrogen (secondary N) is 1. The van der Waals surface area contributed by atoms with Crippen LogP contribution in [-0.4, -0.2) is 22.0 Å². The lowest BCUT2D eigenvalue weighted by Crippen LogP contribution is -2.33. The van der Waals surface area contributed by atoms with E-state index in [1.165, 1.54) is 17.3 Å². The van der Waals surface area contributed by atoms with E-state index in [9.17, 15) is 9.90 Å². The van der Waals surface area contributed by atoms with E-state index >= 15 is 0 Å². The highest BCUT2D eigenvalue weighted by Crippen LogP contribution is 2.22. The highest BCUT2D eigenvalue weighted by Gasteiger charge is 2.19. The molecule has 0 bridgehead atoms. The van der Waals surface area contributed by atoms with E-state index < -0.39 is 6.10 Å². The quantitative estimate of drug-likeness (QED) is 0.798. The zero-order valence-electron chi connectivity index (χ0n) is 14.4. The van der Waals surface area contributed by atoms with Crippen molar-refractivity contribution in [3.05, 3.63) is 71.3 Å². The van der Waals surface area contributed by atoms with Crippen LogP contribution in [0.5, 0.6) is 0 Å². The molecule has 0 spiro atoms. The first-order valence-corrected chi connectivity index (χ1v) is 9.24. The maximum absolute atomic E-state index is 12.4. The highest BCUT2D eigenvalue weighted by molar-refractivity contribution is 8.00. The van der Waals surface area contributed by atoms with Gasteiger partial charge in [0.1, 0.15) is 0 Å². The average molecular weight is 343 g/mol. The van der Waals surface area contributed by atoms with Gasteiger partial charge in [0, 0.05) is 5.75 Å². The standard InChI is InChI=1S/C20H25NO2S/c1-14-9-7-8-12-18(14)15(2)21-20(23)16(3)24-13-19(22)17-10-5-4-6-11-17/h4-12,15-16,19,22H,13H2,1-3H3,(H,21,23). The summed E-state index contributed by atoms with van der Waals surface area (Å²) in [6.07, 6.45) is -0.555. The van der Waals surface area contributed by atoms with Gasteiger partial charge in [0.15, 0.2) is 0 Å². The summed E-state index contributed by atoms with van der Waals surface area (Å²) >= 11 is 1.47. The van der Waals surface area contributed by atoms with E-state index in [1.807, 2.05) is 75.4 Å². The van der Waals surface area contributed by atoms with Crippen LogP contribution in [0, 0.1) is 6.92 Å². The van der Waals surface area contributed by atoms with Gasteiger partial charge in [-0.05, 0) is 37.5 Å². The first-order valence-electron chi connectivity index (χ1n) is 8.19. The Hall–Kier alpha value is -1.78. The zero-order valence-corrected chi connectivity index (χ0v) is 15.2. The lowest BCUT2D eigenvalue weighted by Gasteiger charge is -2.20. The number of hydrogen-bond donors (Lipinski definition) is 2. The monoisotopic (exact) mass is 343 g/mol. The Bertz CT molecular complexity index is 660. The van der Waals surface area contributed by atoms with Crippen LogP contribution < -0.4 is 5.32 Å². The molecule has 0 aliphatic rings. The third kappa shape index (κ3) is 5.11. The summed E-state index contributed by atoms with van der Waals surface area (Å²) in [7, 11) is 0. The molecular weight excluding hydrogens is 318 g/mol. The van der Waals surface area contributed by atoms with E-state index in [0.717, 1.165) is 11.1 Å². The minimum absolute atomic E-state index is 0.00369. The van der Waals surface area contributed by atoms with Gasteiger partial charge in [-0.15, -0.1) is 11.8 Å². The van der Waals surface area contributed by atoms with E-state index in [1.54, 1.807) is 0 Å². The molecule has 0 radical (unpaired) electrons. The minimum Gasteiger partial charge on any atom is -0.388 e. The fraction of sp³-hybridized carbons (Fsp3) is 0.350. The second-order valence-electron chi connectivity index (χ2n) is 5.99. The number of amides is 1. The number of rotatable bonds is 7. The molecule has 24 heavy (non-hydrogen) atoms. The zero-order chi connectivity index (χ0) is 17.5. The maximum atomic E-state index is 12.4. The molecule has 0 fully saturated rings. The van der Waals surface area contributed by atoms with Gasteiger partial charge in [0.25, 0.3) is 0 Å². The van der Waals surface area contributed by atoms with Crippen LogP contribution in [0.4, 0.5) is 0 Å². The Balaban J connectivity index is 1.85. The fourth-order valence-corrected chi connectivity index (χ4v) is 3.45. The van der Waals surface area contributed by atoms with Crippen molar-refractivity contribution in [2.75, 3.05) is 5.75 Å². The van der Waals surface area contributed by atoms with Crippen molar-refractivity contribution >= 4 is 17.7 Å². The molecule has 3 nitrogen and oxygen atoms in total. The van der Waals surface area contributed by atoms with Crippen LogP contribution in [0.15, 0.2) is 54.6 Å². The number of thioether (sulfide) groups is 1. The Kier molecular flexibility index (Phi) is 6.88. The largest absolute Gasteiger partial charge is 0.388 e. The number of hydrogen-bond acceptors (Lipinski definition) is 3. The van der Waals surface area contributed by atoms with Crippen molar-refractivity contribution in [2.24, 2.45) is 0 Å².